The molecule has 0 heterocycles. The molecule has 136 valence electrons. The normalized spacial score (nSPS) is 12.1. The molecule has 0 radical (unpaired) electrons. The number of hydrogen-bond donors (Lipinski definition) is 2. The molecule has 0 aliphatic rings. The predicted octanol–water partition coefficient (Wildman–Crippen LogP) is 6.21. The van der Waals surface area contributed by atoms with E-state index in [1.807, 2.05) is 7.05 Å². The highest BCUT2D eigenvalue weighted by molar-refractivity contribution is 5.85. The zero-order valence-electron chi connectivity index (χ0n) is 15.2. The van der Waals surface area contributed by atoms with Crippen molar-refractivity contribution < 1.29 is 5.11 Å². The van der Waals surface area contributed by atoms with Gasteiger partial charge in [0.15, 0.2) is 0 Å². The van der Waals surface area contributed by atoms with Gasteiger partial charge in [-0.3, -0.25) is 5.32 Å². The summed E-state index contributed by atoms with van der Waals surface area (Å²) < 4.78 is 0. The summed E-state index contributed by atoms with van der Waals surface area (Å²) in [5, 5.41) is 12.2. The molecule has 0 fully saturated rings. The molecule has 22 heavy (non-hydrogen) atoms. The van der Waals surface area contributed by atoms with Gasteiger partial charge in [0.1, 0.15) is 6.23 Å². The molecule has 0 spiro atoms. The molecule has 0 saturated heterocycles. The van der Waals surface area contributed by atoms with Gasteiger partial charge in [-0.1, -0.05) is 96.8 Å². The van der Waals surface area contributed by atoms with E-state index >= 15 is 0 Å². The molecule has 0 amide bonds. The summed E-state index contributed by atoms with van der Waals surface area (Å²) >= 11 is 0. The molecule has 1 atom stereocenters. The molecule has 0 aromatic carbocycles. The van der Waals surface area contributed by atoms with Crippen LogP contribution in [0.5, 0.6) is 0 Å². The van der Waals surface area contributed by atoms with Crippen LogP contribution in [0.1, 0.15) is 110 Å². The number of nitrogens with one attached hydrogen (secondary N) is 1. The van der Waals surface area contributed by atoms with Crippen LogP contribution in [-0.4, -0.2) is 18.4 Å². The maximum atomic E-state index is 9.35. The number of hydrogen-bond acceptors (Lipinski definition) is 2. The second-order valence-electron chi connectivity index (χ2n) is 6.54. The van der Waals surface area contributed by atoms with E-state index in [4.69, 9.17) is 0 Å². The smallest absolute Gasteiger partial charge is 0.104 e. The molecular formula is C19H42ClNO. The molecule has 2 nitrogen and oxygen atoms in total. The molecule has 0 aromatic heterocycles. The fourth-order valence-corrected chi connectivity index (χ4v) is 2.85. The Kier molecular flexibility index (Phi) is 23.6. The summed E-state index contributed by atoms with van der Waals surface area (Å²) in [5.74, 6) is 0. The van der Waals surface area contributed by atoms with Gasteiger partial charge in [-0.15, -0.1) is 12.4 Å². The second-order valence-corrected chi connectivity index (χ2v) is 6.54. The van der Waals surface area contributed by atoms with Gasteiger partial charge in [-0.25, -0.2) is 0 Å². The van der Waals surface area contributed by atoms with Gasteiger partial charge in [-0.05, 0) is 19.9 Å². The zero-order chi connectivity index (χ0) is 15.6. The van der Waals surface area contributed by atoms with Crippen molar-refractivity contribution in [3.05, 3.63) is 0 Å². The lowest BCUT2D eigenvalue weighted by Gasteiger charge is -2.08. The van der Waals surface area contributed by atoms with Crippen LogP contribution in [0.15, 0.2) is 0 Å². The maximum Gasteiger partial charge on any atom is 0.104 e. The van der Waals surface area contributed by atoms with E-state index in [9.17, 15) is 5.11 Å². The average molecular weight is 336 g/mol. The summed E-state index contributed by atoms with van der Waals surface area (Å²) in [4.78, 5) is 0. The van der Waals surface area contributed by atoms with E-state index in [1.165, 1.54) is 89.9 Å². The molecule has 0 aliphatic carbocycles. The highest BCUT2D eigenvalue weighted by Crippen LogP contribution is 2.13. The van der Waals surface area contributed by atoms with E-state index in [2.05, 4.69) is 12.2 Å². The Morgan fingerprint density at radius 2 is 0.955 bits per heavy atom. The lowest BCUT2D eigenvalue weighted by Crippen LogP contribution is -2.23. The Morgan fingerprint density at radius 3 is 1.27 bits per heavy atom. The van der Waals surface area contributed by atoms with Gasteiger partial charge in [0.2, 0.25) is 0 Å². The van der Waals surface area contributed by atoms with E-state index < -0.39 is 0 Å². The highest BCUT2D eigenvalue weighted by Gasteiger charge is 1.99. The van der Waals surface area contributed by atoms with Crippen LogP contribution in [0.2, 0.25) is 0 Å². The summed E-state index contributed by atoms with van der Waals surface area (Å²) in [6.07, 6.45) is 21.5. The van der Waals surface area contributed by atoms with Crippen molar-refractivity contribution in [2.75, 3.05) is 7.05 Å². The monoisotopic (exact) mass is 335 g/mol. The summed E-state index contributed by atoms with van der Waals surface area (Å²) in [6.45, 7) is 2.28. The highest BCUT2D eigenvalue weighted by atomic mass is 35.5. The molecule has 0 aromatic rings. The first kappa shape index (κ1) is 24.5. The minimum absolute atomic E-state index is 0. The van der Waals surface area contributed by atoms with Gasteiger partial charge in [0.05, 0.1) is 0 Å². The standard InChI is InChI=1S/C19H41NO.ClH/c1-3-4-5-6-7-8-9-10-11-12-13-14-15-16-17-18-19(21)20-2;/h19-21H,3-18H2,1-2H3;1H. The average Bonchev–Trinajstić information content (AvgIpc) is 2.50. The Labute approximate surface area is 146 Å². The van der Waals surface area contributed by atoms with E-state index in [0.717, 1.165) is 12.8 Å². The van der Waals surface area contributed by atoms with E-state index in [0.29, 0.717) is 0 Å². The number of rotatable bonds is 17. The molecule has 0 rings (SSSR count). The van der Waals surface area contributed by atoms with Crippen molar-refractivity contribution >= 4 is 12.4 Å². The first-order chi connectivity index (χ1) is 10.3. The van der Waals surface area contributed by atoms with E-state index in [-0.39, 0.29) is 18.6 Å². The van der Waals surface area contributed by atoms with Crippen molar-refractivity contribution in [3.8, 4) is 0 Å². The number of aliphatic hydroxyl groups excluding tert-OH is 1. The van der Waals surface area contributed by atoms with Crippen LogP contribution in [0, 0.1) is 0 Å². The summed E-state index contributed by atoms with van der Waals surface area (Å²) in [7, 11) is 1.82. The fourth-order valence-electron chi connectivity index (χ4n) is 2.85. The van der Waals surface area contributed by atoms with Crippen LogP contribution in [0.4, 0.5) is 0 Å². The van der Waals surface area contributed by atoms with Crippen molar-refractivity contribution in [2.45, 2.75) is 116 Å². The van der Waals surface area contributed by atoms with Crippen LogP contribution in [-0.2, 0) is 0 Å². The van der Waals surface area contributed by atoms with Crippen molar-refractivity contribution in [1.82, 2.24) is 5.32 Å². The molecule has 0 saturated carbocycles. The second kappa shape index (κ2) is 21.2. The molecule has 2 N–H and O–H groups in total. The largest absolute Gasteiger partial charge is 0.379 e. The predicted molar refractivity (Wildman–Crippen MR) is 102 cm³/mol. The van der Waals surface area contributed by atoms with Crippen LogP contribution in [0.25, 0.3) is 0 Å². The van der Waals surface area contributed by atoms with Crippen molar-refractivity contribution in [1.29, 1.82) is 0 Å². The Hall–Kier alpha value is 0.210. The van der Waals surface area contributed by atoms with Crippen molar-refractivity contribution in [3.63, 3.8) is 0 Å². The van der Waals surface area contributed by atoms with Crippen molar-refractivity contribution in [2.24, 2.45) is 0 Å². The minimum atomic E-state index is -0.299. The molecule has 3 heteroatoms. The van der Waals surface area contributed by atoms with Gasteiger partial charge in [0.25, 0.3) is 0 Å². The van der Waals surface area contributed by atoms with E-state index in [1.54, 1.807) is 0 Å². The quantitative estimate of drug-likeness (QED) is 0.245. The fraction of sp³-hybridized carbons (Fsp3) is 1.00. The van der Waals surface area contributed by atoms with Crippen LogP contribution in [0.3, 0.4) is 0 Å². The minimum Gasteiger partial charge on any atom is -0.379 e. The third-order valence-corrected chi connectivity index (χ3v) is 4.41. The lowest BCUT2D eigenvalue weighted by molar-refractivity contribution is 0.133. The molecule has 1 unspecified atom stereocenters. The van der Waals surface area contributed by atoms with Gasteiger partial charge >= 0.3 is 0 Å². The lowest BCUT2D eigenvalue weighted by atomic mass is 10.0. The topological polar surface area (TPSA) is 32.3 Å². The Bertz CT molecular complexity index is 190. The number of aliphatic hydroxyl groups is 1. The van der Waals surface area contributed by atoms with Gasteiger partial charge in [-0.2, -0.15) is 0 Å². The first-order valence-corrected chi connectivity index (χ1v) is 9.66. The Morgan fingerprint density at radius 1 is 0.636 bits per heavy atom. The summed E-state index contributed by atoms with van der Waals surface area (Å²) in [6, 6.07) is 0. The molecule has 0 aliphatic heterocycles. The zero-order valence-corrected chi connectivity index (χ0v) is 16.1. The third kappa shape index (κ3) is 20.2. The van der Waals surface area contributed by atoms with Crippen LogP contribution < -0.4 is 5.32 Å². The van der Waals surface area contributed by atoms with Crippen LogP contribution >= 0.6 is 12.4 Å². The maximum absolute atomic E-state index is 9.35. The molecule has 0 bridgehead atoms. The Balaban J connectivity index is 0. The third-order valence-electron chi connectivity index (χ3n) is 4.41. The first-order valence-electron chi connectivity index (χ1n) is 9.66. The number of unbranched alkanes of at least 4 members (excludes halogenated alkanes) is 14. The number of halogens is 1. The SMILES string of the molecule is CCCCCCCCCCCCCCCCCC(O)NC.Cl. The van der Waals surface area contributed by atoms with Gasteiger partial charge in [0, 0.05) is 0 Å². The van der Waals surface area contributed by atoms with Gasteiger partial charge < -0.3 is 5.11 Å². The molecular weight excluding hydrogens is 294 g/mol. The summed E-state index contributed by atoms with van der Waals surface area (Å²) in [5.41, 5.74) is 0.